The predicted molar refractivity (Wildman–Crippen MR) is 174 cm³/mol. The summed E-state index contributed by atoms with van der Waals surface area (Å²) in [5.74, 6) is 0.104. The van der Waals surface area contributed by atoms with Gasteiger partial charge in [-0.15, -0.1) is 0 Å². The van der Waals surface area contributed by atoms with Gasteiger partial charge in [0.2, 0.25) is 0 Å². The molecule has 2 atom stereocenters. The van der Waals surface area contributed by atoms with Crippen LogP contribution in [0.5, 0.6) is 0 Å². The van der Waals surface area contributed by atoms with E-state index in [0.717, 1.165) is 50.9 Å². The molecule has 0 heterocycles. The fourth-order valence-corrected chi connectivity index (χ4v) is 4.03. The molecule has 0 aliphatic heterocycles. The number of carbonyl (C=O) groups excluding carboxylic acids is 2. The van der Waals surface area contributed by atoms with Crippen molar-refractivity contribution in [2.75, 3.05) is 13.2 Å². The van der Waals surface area contributed by atoms with E-state index in [1.54, 1.807) is 6.08 Å². The zero-order valence-electron chi connectivity index (χ0n) is 26.8. The normalized spacial score (nSPS) is 13.9. The van der Waals surface area contributed by atoms with Crippen molar-refractivity contribution in [3.8, 4) is 0 Å². The Labute approximate surface area is 256 Å². The van der Waals surface area contributed by atoms with Gasteiger partial charge in [0, 0.05) is 12.8 Å². The van der Waals surface area contributed by atoms with E-state index < -0.39 is 12.2 Å². The van der Waals surface area contributed by atoms with Crippen molar-refractivity contribution in [3.05, 3.63) is 60.8 Å². The highest BCUT2D eigenvalue weighted by molar-refractivity contribution is 5.69. The maximum atomic E-state index is 11.9. The van der Waals surface area contributed by atoms with Crippen LogP contribution in [0.4, 0.5) is 0 Å². The molecule has 0 aliphatic rings. The third-order valence-electron chi connectivity index (χ3n) is 6.53. The number of ether oxygens (including phenoxy) is 2. The second kappa shape index (κ2) is 30.0. The fourth-order valence-electron chi connectivity index (χ4n) is 4.03. The molecular weight excluding hydrogens is 528 g/mol. The first-order valence-electron chi connectivity index (χ1n) is 16.3. The number of rotatable bonds is 27. The smallest absolute Gasteiger partial charge is 0.305 e. The summed E-state index contributed by atoms with van der Waals surface area (Å²) in [5, 5.41) is 19.8. The van der Waals surface area contributed by atoms with Gasteiger partial charge in [0.25, 0.3) is 0 Å². The Bertz CT molecular complexity index is 793. The molecule has 2 N–H and O–H groups in total. The number of aliphatic hydroxyl groups excluding tert-OH is 2. The molecule has 0 aromatic heterocycles. The van der Waals surface area contributed by atoms with Crippen LogP contribution in [-0.4, -0.2) is 47.6 Å². The fraction of sp³-hybridized carbons (Fsp3) is 0.667. The summed E-state index contributed by atoms with van der Waals surface area (Å²) in [7, 11) is 0. The lowest BCUT2D eigenvalue weighted by Crippen LogP contribution is -2.25. The minimum absolute atomic E-state index is 0.152. The van der Waals surface area contributed by atoms with Crippen molar-refractivity contribution in [3.63, 3.8) is 0 Å². The Morgan fingerprint density at radius 1 is 0.667 bits per heavy atom. The van der Waals surface area contributed by atoms with Gasteiger partial charge in [0.1, 0.15) is 19.3 Å². The minimum Gasteiger partial charge on any atom is -0.463 e. The summed E-state index contributed by atoms with van der Waals surface area (Å²) in [4.78, 5) is 23.7. The maximum absolute atomic E-state index is 11.9. The molecule has 0 aromatic rings. The molecular formula is C36H60O6. The van der Waals surface area contributed by atoms with Crippen LogP contribution in [0, 0.1) is 5.92 Å². The molecule has 0 saturated carbocycles. The van der Waals surface area contributed by atoms with Gasteiger partial charge in [-0.2, -0.15) is 0 Å². The summed E-state index contributed by atoms with van der Waals surface area (Å²) in [6.07, 6.45) is 33.2. The molecule has 0 spiro atoms. The number of hydrogen-bond acceptors (Lipinski definition) is 6. The molecule has 0 fully saturated rings. The average molecular weight is 589 g/mol. The summed E-state index contributed by atoms with van der Waals surface area (Å²) in [6, 6.07) is 0. The third-order valence-corrected chi connectivity index (χ3v) is 6.53. The van der Waals surface area contributed by atoms with Crippen LogP contribution >= 0.6 is 0 Å². The van der Waals surface area contributed by atoms with Crippen molar-refractivity contribution >= 4 is 11.9 Å². The molecule has 0 amide bonds. The SMILES string of the molecule is CC/C=C\C/C=C\CC(O)/C=C/C=C\C/C=C\CCCC(=O)OC[C@H](O)COC(=O)CCCCCCCCCC(C)C. The molecule has 1 unspecified atom stereocenters. The number of aliphatic hydroxyl groups is 2. The first-order chi connectivity index (χ1) is 20.3. The van der Waals surface area contributed by atoms with E-state index in [9.17, 15) is 19.8 Å². The Hall–Kier alpha value is -2.44. The number of carbonyl (C=O) groups is 2. The van der Waals surface area contributed by atoms with Gasteiger partial charge in [0.15, 0.2) is 0 Å². The molecule has 0 aromatic carbocycles. The molecule has 0 aliphatic carbocycles. The standard InChI is InChI=1S/C36H60O6/c1-4-5-6-7-16-21-26-33(37)27-22-17-12-8-9-13-18-23-28-35(39)41-30-34(38)31-42-36(40)29-24-19-14-10-11-15-20-25-32(2)3/h5-6,9,12-13,16-17,21-22,27,32-34,37-38H,4,7-8,10-11,14-15,18-20,23-26,28-31H2,1-3H3/b6-5-,13-9-,17-12-,21-16-,27-22+/t33?,34-/m0/s1. The molecule has 42 heavy (non-hydrogen) atoms. The zero-order chi connectivity index (χ0) is 31.1. The minimum atomic E-state index is -1.00. The van der Waals surface area contributed by atoms with E-state index in [2.05, 4.69) is 39.0 Å². The number of unbranched alkanes of at least 4 members (excludes halogenated alkanes) is 7. The largest absolute Gasteiger partial charge is 0.463 e. The van der Waals surface area contributed by atoms with Crippen LogP contribution in [0.2, 0.25) is 0 Å². The van der Waals surface area contributed by atoms with Gasteiger partial charge >= 0.3 is 11.9 Å². The van der Waals surface area contributed by atoms with E-state index in [1.807, 2.05) is 36.5 Å². The van der Waals surface area contributed by atoms with E-state index in [1.165, 1.54) is 32.1 Å². The van der Waals surface area contributed by atoms with E-state index in [-0.39, 0.29) is 31.6 Å². The number of hydrogen-bond donors (Lipinski definition) is 2. The lowest BCUT2D eigenvalue weighted by atomic mass is 10.0. The lowest BCUT2D eigenvalue weighted by Gasteiger charge is -2.12. The van der Waals surface area contributed by atoms with Crippen molar-refractivity contribution in [1.82, 2.24) is 0 Å². The van der Waals surface area contributed by atoms with E-state index in [4.69, 9.17) is 9.47 Å². The van der Waals surface area contributed by atoms with Crippen LogP contribution in [0.3, 0.4) is 0 Å². The second-order valence-corrected chi connectivity index (χ2v) is 11.2. The Kier molecular flexibility index (Phi) is 28.3. The topological polar surface area (TPSA) is 93.1 Å². The highest BCUT2D eigenvalue weighted by Gasteiger charge is 2.12. The molecule has 6 heteroatoms. The third kappa shape index (κ3) is 30.5. The molecule has 6 nitrogen and oxygen atoms in total. The molecule has 0 bridgehead atoms. The summed E-state index contributed by atoms with van der Waals surface area (Å²) in [5.41, 5.74) is 0. The van der Waals surface area contributed by atoms with Crippen LogP contribution in [-0.2, 0) is 19.1 Å². The lowest BCUT2D eigenvalue weighted by molar-refractivity contribution is -0.152. The number of allylic oxidation sites excluding steroid dienone is 8. The van der Waals surface area contributed by atoms with Crippen LogP contribution in [0.1, 0.15) is 124 Å². The molecule has 0 saturated heterocycles. The van der Waals surface area contributed by atoms with E-state index >= 15 is 0 Å². The summed E-state index contributed by atoms with van der Waals surface area (Å²) >= 11 is 0. The van der Waals surface area contributed by atoms with Crippen LogP contribution in [0.15, 0.2) is 60.8 Å². The first kappa shape index (κ1) is 39.6. The first-order valence-corrected chi connectivity index (χ1v) is 16.3. The quantitative estimate of drug-likeness (QED) is 0.0433. The van der Waals surface area contributed by atoms with Crippen LogP contribution in [0.25, 0.3) is 0 Å². The average Bonchev–Trinajstić information content (AvgIpc) is 2.96. The van der Waals surface area contributed by atoms with Crippen molar-refractivity contribution in [2.24, 2.45) is 5.92 Å². The monoisotopic (exact) mass is 588 g/mol. The van der Waals surface area contributed by atoms with Gasteiger partial charge in [-0.25, -0.2) is 0 Å². The Morgan fingerprint density at radius 2 is 1.24 bits per heavy atom. The zero-order valence-corrected chi connectivity index (χ0v) is 26.8. The molecule has 240 valence electrons. The van der Waals surface area contributed by atoms with Crippen molar-refractivity contribution in [1.29, 1.82) is 0 Å². The highest BCUT2D eigenvalue weighted by atomic mass is 16.6. The van der Waals surface area contributed by atoms with Crippen LogP contribution < -0.4 is 0 Å². The van der Waals surface area contributed by atoms with Gasteiger partial charge < -0.3 is 19.7 Å². The summed E-state index contributed by atoms with van der Waals surface area (Å²) in [6.45, 7) is 6.31. The molecule has 0 rings (SSSR count). The van der Waals surface area contributed by atoms with Gasteiger partial charge in [-0.3, -0.25) is 9.59 Å². The van der Waals surface area contributed by atoms with Gasteiger partial charge in [-0.1, -0.05) is 126 Å². The molecule has 0 radical (unpaired) electrons. The highest BCUT2D eigenvalue weighted by Crippen LogP contribution is 2.13. The van der Waals surface area contributed by atoms with E-state index in [0.29, 0.717) is 19.3 Å². The summed E-state index contributed by atoms with van der Waals surface area (Å²) < 4.78 is 10.2. The van der Waals surface area contributed by atoms with Crippen molar-refractivity contribution < 1.29 is 29.3 Å². The Balaban J connectivity index is 3.69. The second-order valence-electron chi connectivity index (χ2n) is 11.2. The number of esters is 2. The van der Waals surface area contributed by atoms with Gasteiger partial charge in [0.05, 0.1) is 6.10 Å². The van der Waals surface area contributed by atoms with Gasteiger partial charge in [-0.05, 0) is 50.9 Å². The maximum Gasteiger partial charge on any atom is 0.305 e. The van der Waals surface area contributed by atoms with Crippen molar-refractivity contribution in [2.45, 2.75) is 136 Å². The predicted octanol–water partition coefficient (Wildman–Crippen LogP) is 8.49. The Morgan fingerprint density at radius 3 is 1.90 bits per heavy atom.